The summed E-state index contributed by atoms with van der Waals surface area (Å²) in [7, 11) is 0. The predicted molar refractivity (Wildman–Crippen MR) is 76.9 cm³/mol. The highest BCUT2D eigenvalue weighted by Gasteiger charge is 2.04. The third-order valence-corrected chi connectivity index (χ3v) is 2.74. The quantitative estimate of drug-likeness (QED) is 0.790. The summed E-state index contributed by atoms with van der Waals surface area (Å²) in [5, 5.41) is 5.48. The molecule has 1 atom stereocenters. The van der Waals surface area contributed by atoms with Crippen molar-refractivity contribution in [1.82, 2.24) is 15.3 Å². The molecule has 0 aliphatic rings. The molecule has 2 rings (SSSR count). The molecule has 0 aliphatic heterocycles. The number of urea groups is 1. The summed E-state index contributed by atoms with van der Waals surface area (Å²) in [4.78, 5) is 19.6. The molecule has 0 radical (unpaired) electrons. The monoisotopic (exact) mass is 271 g/mol. The summed E-state index contributed by atoms with van der Waals surface area (Å²) in [6.07, 6.45) is 3.08. The van der Waals surface area contributed by atoms with Crippen molar-refractivity contribution in [2.45, 2.75) is 19.5 Å². The minimum Gasteiger partial charge on any atom is -0.332 e. The zero-order valence-corrected chi connectivity index (χ0v) is 11.2. The number of rotatable bonds is 4. The van der Waals surface area contributed by atoms with Crippen LogP contribution in [0.5, 0.6) is 0 Å². The van der Waals surface area contributed by atoms with E-state index in [1.54, 1.807) is 12.3 Å². The van der Waals surface area contributed by atoms with Crippen LogP contribution < -0.4 is 16.4 Å². The lowest BCUT2D eigenvalue weighted by atomic mass is 10.1. The van der Waals surface area contributed by atoms with Gasteiger partial charge in [-0.15, -0.1) is 0 Å². The van der Waals surface area contributed by atoms with Gasteiger partial charge in [0.15, 0.2) is 0 Å². The average Bonchev–Trinajstić information content (AvgIpc) is 2.46. The van der Waals surface area contributed by atoms with Gasteiger partial charge in [0.2, 0.25) is 0 Å². The number of nitrogens with zero attached hydrogens (tertiary/aromatic N) is 2. The highest BCUT2D eigenvalue weighted by molar-refractivity contribution is 5.89. The Labute approximate surface area is 117 Å². The number of hydrogen-bond acceptors (Lipinski definition) is 4. The van der Waals surface area contributed by atoms with Crippen molar-refractivity contribution in [1.29, 1.82) is 0 Å². The van der Waals surface area contributed by atoms with E-state index in [2.05, 4.69) is 20.6 Å². The SMILES string of the molecule is CC(N)c1cccc(NC(=O)NCc2ccncn2)c1. The van der Waals surface area contributed by atoms with Crippen LogP contribution in [0.3, 0.4) is 0 Å². The molecule has 1 aromatic carbocycles. The second-order valence-electron chi connectivity index (χ2n) is 4.42. The van der Waals surface area contributed by atoms with Gasteiger partial charge in [0.1, 0.15) is 6.33 Å². The minimum atomic E-state index is -0.287. The average molecular weight is 271 g/mol. The Hall–Kier alpha value is -2.47. The molecule has 0 bridgehead atoms. The molecule has 20 heavy (non-hydrogen) atoms. The molecule has 0 saturated carbocycles. The van der Waals surface area contributed by atoms with Crippen molar-refractivity contribution in [3.63, 3.8) is 0 Å². The first-order chi connectivity index (χ1) is 9.65. The van der Waals surface area contributed by atoms with Gasteiger partial charge in [0, 0.05) is 17.9 Å². The van der Waals surface area contributed by atoms with Crippen molar-refractivity contribution in [2.75, 3.05) is 5.32 Å². The van der Waals surface area contributed by atoms with Crippen molar-refractivity contribution >= 4 is 11.7 Å². The van der Waals surface area contributed by atoms with E-state index in [0.29, 0.717) is 12.2 Å². The lowest BCUT2D eigenvalue weighted by molar-refractivity contribution is 0.251. The third kappa shape index (κ3) is 4.03. The maximum atomic E-state index is 11.8. The van der Waals surface area contributed by atoms with E-state index in [4.69, 9.17) is 5.73 Å². The van der Waals surface area contributed by atoms with Gasteiger partial charge in [0.05, 0.1) is 12.2 Å². The molecule has 1 aromatic heterocycles. The molecule has 1 unspecified atom stereocenters. The first-order valence-corrected chi connectivity index (χ1v) is 6.30. The Morgan fingerprint density at radius 3 is 2.95 bits per heavy atom. The predicted octanol–water partition coefficient (Wildman–Crippen LogP) is 1.82. The van der Waals surface area contributed by atoms with E-state index in [1.807, 2.05) is 31.2 Å². The fourth-order valence-corrected chi connectivity index (χ4v) is 1.67. The molecule has 2 aromatic rings. The molecule has 0 fully saturated rings. The zero-order valence-electron chi connectivity index (χ0n) is 11.2. The maximum absolute atomic E-state index is 11.8. The largest absolute Gasteiger partial charge is 0.332 e. The normalized spacial score (nSPS) is 11.7. The summed E-state index contributed by atoms with van der Waals surface area (Å²) in [5.74, 6) is 0. The van der Waals surface area contributed by atoms with Gasteiger partial charge in [-0.05, 0) is 30.7 Å². The summed E-state index contributed by atoms with van der Waals surface area (Å²) in [6.45, 7) is 2.25. The van der Waals surface area contributed by atoms with E-state index >= 15 is 0 Å². The number of amides is 2. The topological polar surface area (TPSA) is 92.9 Å². The fraction of sp³-hybridized carbons (Fsp3) is 0.214. The Balaban J connectivity index is 1.90. The molecule has 4 N–H and O–H groups in total. The van der Waals surface area contributed by atoms with Crippen LogP contribution in [-0.2, 0) is 6.54 Å². The molecular weight excluding hydrogens is 254 g/mol. The molecule has 6 heteroatoms. The van der Waals surface area contributed by atoms with Crippen LogP contribution in [0.1, 0.15) is 24.2 Å². The number of nitrogens with one attached hydrogen (secondary N) is 2. The van der Waals surface area contributed by atoms with Gasteiger partial charge in [-0.25, -0.2) is 14.8 Å². The molecule has 2 amide bonds. The van der Waals surface area contributed by atoms with E-state index in [9.17, 15) is 4.79 Å². The summed E-state index contributed by atoms with van der Waals surface area (Å²) >= 11 is 0. The van der Waals surface area contributed by atoms with E-state index in [0.717, 1.165) is 11.3 Å². The first-order valence-electron chi connectivity index (χ1n) is 6.30. The number of hydrogen-bond donors (Lipinski definition) is 3. The van der Waals surface area contributed by atoms with E-state index in [-0.39, 0.29) is 12.1 Å². The minimum absolute atomic E-state index is 0.0687. The molecule has 0 saturated heterocycles. The number of benzene rings is 1. The molecule has 0 spiro atoms. The van der Waals surface area contributed by atoms with Crippen LogP contribution in [-0.4, -0.2) is 16.0 Å². The highest BCUT2D eigenvalue weighted by Crippen LogP contribution is 2.15. The lowest BCUT2D eigenvalue weighted by Crippen LogP contribution is -2.28. The molecule has 1 heterocycles. The van der Waals surface area contributed by atoms with Crippen molar-refractivity contribution < 1.29 is 4.79 Å². The van der Waals surface area contributed by atoms with Gasteiger partial charge in [-0.3, -0.25) is 0 Å². The summed E-state index contributed by atoms with van der Waals surface area (Å²) in [6, 6.07) is 8.85. The molecular formula is C14H17N5O. The van der Waals surface area contributed by atoms with E-state index in [1.165, 1.54) is 6.33 Å². The Morgan fingerprint density at radius 1 is 1.40 bits per heavy atom. The van der Waals surface area contributed by atoms with E-state index < -0.39 is 0 Å². The Bertz CT molecular complexity index is 571. The van der Waals surface area contributed by atoms with Crippen LogP contribution in [0.15, 0.2) is 42.9 Å². The second-order valence-corrected chi connectivity index (χ2v) is 4.42. The second kappa shape index (κ2) is 6.63. The molecule has 0 aliphatic carbocycles. The van der Waals surface area contributed by atoms with Gasteiger partial charge < -0.3 is 16.4 Å². The highest BCUT2D eigenvalue weighted by atomic mass is 16.2. The zero-order chi connectivity index (χ0) is 14.4. The number of nitrogens with two attached hydrogens (primary N) is 1. The van der Waals surface area contributed by atoms with Crippen LogP contribution in [0.2, 0.25) is 0 Å². The maximum Gasteiger partial charge on any atom is 0.319 e. The Morgan fingerprint density at radius 2 is 2.25 bits per heavy atom. The lowest BCUT2D eigenvalue weighted by Gasteiger charge is -2.10. The third-order valence-electron chi connectivity index (χ3n) is 2.74. The molecule has 6 nitrogen and oxygen atoms in total. The standard InChI is InChI=1S/C14H17N5O/c1-10(15)11-3-2-4-12(7-11)19-14(20)17-8-13-5-6-16-9-18-13/h2-7,9-10H,8,15H2,1H3,(H2,17,19,20). The van der Waals surface area contributed by atoms with Crippen LogP contribution in [0.25, 0.3) is 0 Å². The van der Waals surface area contributed by atoms with Gasteiger partial charge >= 0.3 is 6.03 Å². The summed E-state index contributed by atoms with van der Waals surface area (Å²) in [5.41, 5.74) is 8.23. The van der Waals surface area contributed by atoms with Crippen molar-refractivity contribution in [2.24, 2.45) is 5.73 Å². The molecule has 104 valence electrons. The fourth-order valence-electron chi connectivity index (χ4n) is 1.67. The number of carbonyl (C=O) groups excluding carboxylic acids is 1. The Kier molecular flexibility index (Phi) is 4.62. The number of carbonyl (C=O) groups is 1. The van der Waals surface area contributed by atoms with Crippen molar-refractivity contribution in [3.05, 3.63) is 54.1 Å². The van der Waals surface area contributed by atoms with Gasteiger partial charge in [-0.1, -0.05) is 12.1 Å². The van der Waals surface area contributed by atoms with Crippen LogP contribution in [0.4, 0.5) is 10.5 Å². The number of aromatic nitrogens is 2. The smallest absolute Gasteiger partial charge is 0.319 e. The van der Waals surface area contributed by atoms with Crippen LogP contribution >= 0.6 is 0 Å². The van der Waals surface area contributed by atoms with Gasteiger partial charge in [-0.2, -0.15) is 0 Å². The number of anilines is 1. The van der Waals surface area contributed by atoms with Gasteiger partial charge in [0.25, 0.3) is 0 Å². The summed E-state index contributed by atoms with van der Waals surface area (Å²) < 4.78 is 0. The van der Waals surface area contributed by atoms with Crippen LogP contribution in [0, 0.1) is 0 Å². The first kappa shape index (κ1) is 14.0. The van der Waals surface area contributed by atoms with Crippen molar-refractivity contribution in [3.8, 4) is 0 Å².